The molecule has 5 rings (SSSR count). The minimum atomic E-state index is -0.317. The van der Waals surface area contributed by atoms with Crippen molar-refractivity contribution in [2.75, 3.05) is 51.3 Å². The van der Waals surface area contributed by atoms with E-state index in [4.69, 9.17) is 14.2 Å². The Balaban J connectivity index is 1.23. The molecule has 2 aromatic rings. The molecule has 3 heterocycles. The summed E-state index contributed by atoms with van der Waals surface area (Å²) in [6.45, 7) is 14.8. The maximum Gasteiger partial charge on any atom is 0.409 e. The first-order valence-corrected chi connectivity index (χ1v) is 14.4. The van der Waals surface area contributed by atoms with Crippen molar-refractivity contribution in [2.45, 2.75) is 59.5 Å². The lowest BCUT2D eigenvalue weighted by Crippen LogP contribution is -2.59. The van der Waals surface area contributed by atoms with E-state index in [1.54, 1.807) is 4.90 Å². The van der Waals surface area contributed by atoms with Gasteiger partial charge in [0.25, 0.3) is 0 Å². The summed E-state index contributed by atoms with van der Waals surface area (Å²) < 4.78 is 17.7. The van der Waals surface area contributed by atoms with Gasteiger partial charge in [0.05, 0.1) is 19.8 Å². The van der Waals surface area contributed by atoms with Gasteiger partial charge in [0.2, 0.25) is 0 Å². The normalized spacial score (nSPS) is 19.9. The molecule has 0 bridgehead atoms. The summed E-state index contributed by atoms with van der Waals surface area (Å²) in [6, 6.07) is 14.3. The first-order chi connectivity index (χ1) is 18.9. The van der Waals surface area contributed by atoms with Crippen LogP contribution in [0.2, 0.25) is 0 Å². The summed E-state index contributed by atoms with van der Waals surface area (Å²) in [5.41, 5.74) is 3.73. The molecular weight excluding hydrogens is 506 g/mol. The first kappa shape index (κ1) is 28.3. The van der Waals surface area contributed by atoms with Crippen LogP contribution >= 0.6 is 0 Å². The Kier molecular flexibility index (Phi) is 7.75. The van der Waals surface area contributed by atoms with Crippen molar-refractivity contribution in [2.24, 2.45) is 10.8 Å². The molecule has 0 unspecified atom stereocenters. The molecule has 0 saturated carbocycles. The van der Waals surface area contributed by atoms with Crippen molar-refractivity contribution in [3.05, 3.63) is 48.0 Å². The number of rotatable bonds is 3. The standard InChI is InChI=1S/C32H43N3O5/c1-30(2,3)22-39-29(37)35-14-12-32(13-15-35)31(4,5)21-25-20-24(8-11-27(25)40-32)23-6-9-26(10-7-23)33-28(36)34-16-18-38-19-17-34/h6-11,20H,12-19,21-22H2,1-5H3,(H,33,36). The summed E-state index contributed by atoms with van der Waals surface area (Å²) in [5, 5.41) is 2.99. The van der Waals surface area contributed by atoms with Crippen molar-refractivity contribution in [1.82, 2.24) is 9.80 Å². The number of morpholine rings is 1. The third-order valence-electron chi connectivity index (χ3n) is 8.46. The molecule has 2 fully saturated rings. The van der Waals surface area contributed by atoms with Gasteiger partial charge in [0.15, 0.2) is 0 Å². The van der Waals surface area contributed by atoms with Gasteiger partial charge in [-0.3, -0.25) is 0 Å². The average molecular weight is 550 g/mol. The second kappa shape index (κ2) is 11.0. The van der Waals surface area contributed by atoms with Crippen LogP contribution in [0.4, 0.5) is 15.3 Å². The molecule has 3 amide bonds. The molecule has 8 nitrogen and oxygen atoms in total. The molecule has 2 saturated heterocycles. The first-order valence-electron chi connectivity index (χ1n) is 14.4. The molecule has 0 atom stereocenters. The largest absolute Gasteiger partial charge is 0.486 e. The predicted molar refractivity (Wildman–Crippen MR) is 156 cm³/mol. The van der Waals surface area contributed by atoms with Gasteiger partial charge in [-0.1, -0.05) is 52.8 Å². The van der Waals surface area contributed by atoms with Crippen LogP contribution in [-0.2, 0) is 15.9 Å². The van der Waals surface area contributed by atoms with Crippen molar-refractivity contribution >= 4 is 17.8 Å². The summed E-state index contributed by atoms with van der Waals surface area (Å²) >= 11 is 0. The maximum absolute atomic E-state index is 12.6. The van der Waals surface area contributed by atoms with E-state index in [9.17, 15) is 9.59 Å². The molecule has 216 valence electrons. The van der Waals surface area contributed by atoms with E-state index in [-0.39, 0.29) is 28.6 Å². The second-order valence-electron chi connectivity index (χ2n) is 13.2. The lowest BCUT2D eigenvalue weighted by molar-refractivity contribution is -0.0955. The fourth-order valence-corrected chi connectivity index (χ4v) is 5.90. The van der Waals surface area contributed by atoms with Gasteiger partial charge in [-0.2, -0.15) is 0 Å². The van der Waals surface area contributed by atoms with Crippen LogP contribution < -0.4 is 10.1 Å². The zero-order chi connectivity index (χ0) is 28.5. The lowest BCUT2D eigenvalue weighted by atomic mass is 9.64. The van der Waals surface area contributed by atoms with E-state index in [1.165, 1.54) is 5.56 Å². The number of carbonyl (C=O) groups excluding carboxylic acids is 2. The molecular formula is C32H43N3O5. The fraction of sp³-hybridized carbons (Fsp3) is 0.562. The zero-order valence-electron chi connectivity index (χ0n) is 24.5. The number of nitrogens with zero attached hydrogens (tertiary/aromatic N) is 2. The van der Waals surface area contributed by atoms with E-state index in [0.717, 1.165) is 41.8 Å². The molecule has 0 aromatic heterocycles. The molecule has 8 heteroatoms. The van der Waals surface area contributed by atoms with Crippen LogP contribution in [0, 0.1) is 10.8 Å². The van der Waals surface area contributed by atoms with Gasteiger partial charge in [0.1, 0.15) is 11.4 Å². The van der Waals surface area contributed by atoms with Crippen LogP contribution in [0.3, 0.4) is 0 Å². The number of piperidine rings is 1. The van der Waals surface area contributed by atoms with Gasteiger partial charge in [-0.05, 0) is 52.8 Å². The smallest absolute Gasteiger partial charge is 0.409 e. The third-order valence-corrected chi connectivity index (χ3v) is 8.46. The van der Waals surface area contributed by atoms with Crippen molar-refractivity contribution < 1.29 is 23.8 Å². The number of benzene rings is 2. The number of anilines is 1. The highest BCUT2D eigenvalue weighted by molar-refractivity contribution is 5.89. The van der Waals surface area contributed by atoms with Crippen LogP contribution in [0.15, 0.2) is 42.5 Å². The highest BCUT2D eigenvalue weighted by Crippen LogP contribution is 2.50. The maximum atomic E-state index is 12.6. The van der Waals surface area contributed by atoms with E-state index in [2.05, 4.69) is 58.1 Å². The number of nitrogens with one attached hydrogen (secondary N) is 1. The second-order valence-corrected chi connectivity index (χ2v) is 13.2. The summed E-state index contributed by atoms with van der Waals surface area (Å²) in [4.78, 5) is 28.7. The van der Waals surface area contributed by atoms with Crippen molar-refractivity contribution in [3.63, 3.8) is 0 Å². The van der Waals surface area contributed by atoms with Crippen LogP contribution in [-0.4, -0.2) is 73.5 Å². The van der Waals surface area contributed by atoms with E-state index >= 15 is 0 Å². The molecule has 1 N–H and O–H groups in total. The van der Waals surface area contributed by atoms with Crippen LogP contribution in [0.5, 0.6) is 5.75 Å². The lowest BCUT2D eigenvalue weighted by Gasteiger charge is -2.53. The van der Waals surface area contributed by atoms with Crippen LogP contribution in [0.25, 0.3) is 11.1 Å². The Hall–Kier alpha value is -3.26. The van der Waals surface area contributed by atoms with Gasteiger partial charge in [-0.15, -0.1) is 0 Å². The summed E-state index contributed by atoms with van der Waals surface area (Å²) in [5.74, 6) is 0.932. The van der Waals surface area contributed by atoms with Gasteiger partial charge in [-0.25, -0.2) is 9.59 Å². The quantitative estimate of drug-likeness (QED) is 0.493. The minimum Gasteiger partial charge on any atom is -0.486 e. The zero-order valence-corrected chi connectivity index (χ0v) is 24.5. The number of hydrogen-bond donors (Lipinski definition) is 1. The topological polar surface area (TPSA) is 80.3 Å². The average Bonchev–Trinajstić information content (AvgIpc) is 2.93. The Labute approximate surface area is 238 Å². The van der Waals surface area contributed by atoms with Gasteiger partial charge >= 0.3 is 12.1 Å². The highest BCUT2D eigenvalue weighted by Gasteiger charge is 2.52. The van der Waals surface area contributed by atoms with Gasteiger partial charge < -0.3 is 29.3 Å². The minimum absolute atomic E-state index is 0.0509. The predicted octanol–water partition coefficient (Wildman–Crippen LogP) is 6.20. The number of ether oxygens (including phenoxy) is 3. The Bertz CT molecular complexity index is 1220. The van der Waals surface area contributed by atoms with Crippen LogP contribution in [0.1, 0.15) is 53.0 Å². The number of likely N-dealkylation sites (tertiary alicyclic amines) is 1. The molecule has 3 aliphatic rings. The van der Waals surface area contributed by atoms with Crippen molar-refractivity contribution in [1.29, 1.82) is 0 Å². The Morgan fingerprint density at radius 2 is 1.57 bits per heavy atom. The molecule has 1 spiro atoms. The van der Waals surface area contributed by atoms with E-state index < -0.39 is 0 Å². The number of amides is 3. The third kappa shape index (κ3) is 6.07. The molecule has 2 aromatic carbocycles. The SMILES string of the molecule is CC(C)(C)COC(=O)N1CCC2(CC1)Oc1ccc(-c3ccc(NC(=O)N4CCOCC4)cc3)cc1CC2(C)C. The molecule has 40 heavy (non-hydrogen) atoms. The number of fused-ring (bicyclic) bond motifs is 1. The Morgan fingerprint density at radius 3 is 2.23 bits per heavy atom. The van der Waals surface area contributed by atoms with E-state index in [1.807, 2.05) is 29.2 Å². The Morgan fingerprint density at radius 1 is 0.925 bits per heavy atom. The summed E-state index contributed by atoms with van der Waals surface area (Å²) in [7, 11) is 0. The highest BCUT2D eigenvalue weighted by atomic mass is 16.6. The number of carbonyl (C=O) groups is 2. The molecule has 0 radical (unpaired) electrons. The monoisotopic (exact) mass is 549 g/mol. The van der Waals surface area contributed by atoms with Gasteiger partial charge in [0, 0.05) is 50.1 Å². The fourth-order valence-electron chi connectivity index (χ4n) is 5.90. The van der Waals surface area contributed by atoms with Crippen molar-refractivity contribution in [3.8, 4) is 16.9 Å². The summed E-state index contributed by atoms with van der Waals surface area (Å²) in [6.07, 6.45) is 2.24. The van der Waals surface area contributed by atoms with E-state index in [0.29, 0.717) is 46.0 Å². The molecule has 3 aliphatic heterocycles. The number of urea groups is 1. The molecule has 0 aliphatic carbocycles. The number of hydrogen-bond acceptors (Lipinski definition) is 5.